The molecule has 16 rings (SSSR count). The molecule has 7 heteroatoms. The molecule has 0 amide bonds. The molecule has 0 bridgehead atoms. The average Bonchev–Trinajstić information content (AvgIpc) is 4.17. The summed E-state index contributed by atoms with van der Waals surface area (Å²) in [5.74, 6) is 0. The third-order valence-electron chi connectivity index (χ3n) is 15.6. The maximum atomic E-state index is 10.3. The van der Waals surface area contributed by atoms with Gasteiger partial charge < -0.3 is 13.7 Å². The quantitative estimate of drug-likeness (QED) is 0.176. The zero-order chi connectivity index (χ0) is 47.9. The number of hydrogen-bond donors (Lipinski definition) is 0. The SMILES string of the molecule is N#Cc1ccc2c(c1)c1cc(-c3ccc4c(c3)C3(c5cc(-n6c7ccccc7c7ccccc76)ccc5S4)c4cccnc4-c4ncccc43)ccc1n2-c1cccc(-n2c3ccccc3c3ccccc32)c1. The molecule has 338 valence electrons. The fourth-order valence-electron chi connectivity index (χ4n) is 12.6. The van der Waals surface area contributed by atoms with Crippen molar-refractivity contribution in [1.29, 1.82) is 5.26 Å². The molecule has 0 fully saturated rings. The third-order valence-corrected chi connectivity index (χ3v) is 16.8. The van der Waals surface area contributed by atoms with E-state index >= 15 is 0 Å². The number of pyridine rings is 2. The molecule has 6 nitrogen and oxygen atoms in total. The summed E-state index contributed by atoms with van der Waals surface area (Å²) in [5.41, 5.74) is 18.7. The van der Waals surface area contributed by atoms with Crippen LogP contribution < -0.4 is 0 Å². The van der Waals surface area contributed by atoms with Gasteiger partial charge >= 0.3 is 0 Å². The van der Waals surface area contributed by atoms with Gasteiger partial charge in [-0.25, -0.2) is 0 Å². The number of nitrogens with zero attached hydrogens (tertiary/aromatic N) is 6. The second kappa shape index (κ2) is 15.0. The predicted octanol–water partition coefficient (Wildman–Crippen LogP) is 16.1. The first-order valence-corrected chi connectivity index (χ1v) is 25.4. The van der Waals surface area contributed by atoms with E-state index in [0.29, 0.717) is 5.56 Å². The maximum absolute atomic E-state index is 10.3. The molecular formula is C66H38N6S. The van der Waals surface area contributed by atoms with Gasteiger partial charge in [0.15, 0.2) is 0 Å². The van der Waals surface area contributed by atoms with Crippen LogP contribution in [0, 0.1) is 11.3 Å². The van der Waals surface area contributed by atoms with Crippen LogP contribution in [-0.2, 0) is 5.41 Å². The summed E-state index contributed by atoms with van der Waals surface area (Å²) in [6.45, 7) is 0. The number of hydrogen-bond acceptors (Lipinski definition) is 4. The average molecular weight is 947 g/mol. The van der Waals surface area contributed by atoms with Crippen LogP contribution in [0.2, 0.25) is 0 Å². The standard InChI is InChI=1S/C66H38N6S/c67-39-40-24-28-60-50(34-40)51-35-41(25-29-61(51)71(60)44-13-9-12-43(37-44)70-56-20-5-1-14-46(56)47-15-2-6-21-57(47)70)42-26-30-62-54(36-42)66(52-18-10-32-68-64(52)65-53(66)19-11-33-69-65)55-38-45(27-31-63(55)73-62)72-58-22-7-3-16-48(58)49-17-4-8-23-59(49)72/h1-38H. The van der Waals surface area contributed by atoms with Gasteiger partial charge in [0, 0.05) is 71.6 Å². The number of fused-ring (bicyclic) bond motifs is 18. The summed E-state index contributed by atoms with van der Waals surface area (Å²) < 4.78 is 7.14. The van der Waals surface area contributed by atoms with Crippen molar-refractivity contribution < 1.29 is 0 Å². The molecule has 0 unspecified atom stereocenters. The third kappa shape index (κ3) is 5.47. The lowest BCUT2D eigenvalue weighted by molar-refractivity contribution is 0.718. The largest absolute Gasteiger partial charge is 0.309 e. The molecule has 9 aromatic carbocycles. The van der Waals surface area contributed by atoms with Crippen LogP contribution in [0.3, 0.4) is 0 Å². The van der Waals surface area contributed by atoms with Crippen molar-refractivity contribution in [2.24, 2.45) is 0 Å². The van der Waals surface area contributed by atoms with Crippen LogP contribution in [-0.4, -0.2) is 23.7 Å². The van der Waals surface area contributed by atoms with Crippen molar-refractivity contribution in [3.05, 3.63) is 259 Å². The predicted molar refractivity (Wildman–Crippen MR) is 297 cm³/mol. The Labute approximate surface area is 423 Å². The number of para-hydroxylation sites is 4. The fraction of sp³-hybridized carbons (Fsp3) is 0.0152. The highest BCUT2D eigenvalue weighted by Gasteiger charge is 2.52. The molecule has 0 N–H and O–H groups in total. The van der Waals surface area contributed by atoms with Crippen LogP contribution in [0.25, 0.3) is 105 Å². The topological polar surface area (TPSA) is 64.4 Å². The van der Waals surface area contributed by atoms with Gasteiger partial charge in [-0.15, -0.1) is 0 Å². The van der Waals surface area contributed by atoms with Crippen molar-refractivity contribution in [3.8, 4) is 45.6 Å². The Bertz CT molecular complexity index is 4600. The van der Waals surface area contributed by atoms with Gasteiger partial charge in [0.1, 0.15) is 0 Å². The normalized spacial score (nSPS) is 13.2. The van der Waals surface area contributed by atoms with E-state index in [9.17, 15) is 5.26 Å². The maximum Gasteiger partial charge on any atom is 0.0991 e. The van der Waals surface area contributed by atoms with Crippen LogP contribution in [0.5, 0.6) is 0 Å². The van der Waals surface area contributed by atoms with E-state index in [0.717, 1.165) is 72.5 Å². The first-order valence-electron chi connectivity index (χ1n) is 24.6. The Morgan fingerprint density at radius 3 is 1.37 bits per heavy atom. The minimum atomic E-state index is -0.711. The van der Waals surface area contributed by atoms with Gasteiger partial charge in [0.05, 0.1) is 61.5 Å². The van der Waals surface area contributed by atoms with Crippen LogP contribution in [0.15, 0.2) is 241 Å². The van der Waals surface area contributed by atoms with E-state index in [2.05, 4.69) is 226 Å². The molecule has 0 atom stereocenters. The minimum Gasteiger partial charge on any atom is -0.309 e. The molecule has 6 heterocycles. The summed E-state index contributed by atoms with van der Waals surface area (Å²) in [6.07, 6.45) is 3.79. The van der Waals surface area contributed by atoms with Gasteiger partial charge in [-0.2, -0.15) is 5.26 Å². The number of aromatic nitrogens is 5. The molecular weight excluding hydrogens is 909 g/mol. The lowest BCUT2D eigenvalue weighted by atomic mass is 9.67. The molecule has 14 aromatic rings. The summed E-state index contributed by atoms with van der Waals surface area (Å²) in [4.78, 5) is 12.6. The zero-order valence-electron chi connectivity index (χ0n) is 39.0. The zero-order valence-corrected chi connectivity index (χ0v) is 39.8. The molecule has 0 radical (unpaired) electrons. The Morgan fingerprint density at radius 1 is 0.356 bits per heavy atom. The van der Waals surface area contributed by atoms with Crippen molar-refractivity contribution in [2.45, 2.75) is 15.2 Å². The Morgan fingerprint density at radius 2 is 0.808 bits per heavy atom. The summed E-state index contributed by atoms with van der Waals surface area (Å²) in [6, 6.07) is 81.6. The molecule has 5 aromatic heterocycles. The molecule has 2 aliphatic rings. The summed E-state index contributed by atoms with van der Waals surface area (Å²) in [7, 11) is 0. The minimum absolute atomic E-state index is 0.628. The molecule has 0 saturated carbocycles. The lowest BCUT2D eigenvalue weighted by Crippen LogP contribution is -2.32. The van der Waals surface area contributed by atoms with Crippen molar-refractivity contribution in [2.75, 3.05) is 0 Å². The highest BCUT2D eigenvalue weighted by atomic mass is 32.2. The van der Waals surface area contributed by atoms with Gasteiger partial charge in [-0.05, 0) is 149 Å². The van der Waals surface area contributed by atoms with Crippen LogP contribution in [0.4, 0.5) is 0 Å². The number of benzene rings is 9. The number of rotatable bonds is 4. The smallest absolute Gasteiger partial charge is 0.0991 e. The van der Waals surface area contributed by atoms with E-state index in [1.54, 1.807) is 0 Å². The highest BCUT2D eigenvalue weighted by Crippen LogP contribution is 2.62. The van der Waals surface area contributed by atoms with Gasteiger partial charge in [-0.1, -0.05) is 115 Å². The molecule has 73 heavy (non-hydrogen) atoms. The van der Waals surface area contributed by atoms with E-state index < -0.39 is 5.41 Å². The Kier molecular flexibility index (Phi) is 8.28. The monoisotopic (exact) mass is 946 g/mol. The molecule has 1 spiro atoms. The van der Waals surface area contributed by atoms with E-state index in [-0.39, 0.29) is 0 Å². The van der Waals surface area contributed by atoms with Crippen molar-refractivity contribution in [3.63, 3.8) is 0 Å². The first-order chi connectivity index (χ1) is 36.2. The first kappa shape index (κ1) is 40.3. The Hall–Kier alpha value is -9.48. The molecule has 1 aliphatic heterocycles. The van der Waals surface area contributed by atoms with Crippen molar-refractivity contribution >= 4 is 77.2 Å². The second-order valence-corrected chi connectivity index (χ2v) is 20.3. The van der Waals surface area contributed by atoms with Gasteiger partial charge in [-0.3, -0.25) is 9.97 Å². The molecule has 1 aliphatic carbocycles. The van der Waals surface area contributed by atoms with E-state index in [1.165, 1.54) is 64.5 Å². The molecule has 0 saturated heterocycles. The van der Waals surface area contributed by atoms with Gasteiger partial charge in [0.2, 0.25) is 0 Å². The van der Waals surface area contributed by atoms with Gasteiger partial charge in [0.25, 0.3) is 0 Å². The van der Waals surface area contributed by atoms with Crippen molar-refractivity contribution in [1.82, 2.24) is 23.7 Å². The van der Waals surface area contributed by atoms with E-state index in [4.69, 9.17) is 9.97 Å². The summed E-state index contributed by atoms with van der Waals surface area (Å²) >= 11 is 1.83. The van der Waals surface area contributed by atoms with Crippen LogP contribution >= 0.6 is 11.8 Å². The lowest BCUT2D eigenvalue weighted by Gasteiger charge is -2.39. The highest BCUT2D eigenvalue weighted by molar-refractivity contribution is 7.99. The van der Waals surface area contributed by atoms with E-state index in [1.807, 2.05) is 36.3 Å². The Balaban J connectivity index is 0.903. The summed E-state index contributed by atoms with van der Waals surface area (Å²) in [5, 5.41) is 17.3. The fourth-order valence-corrected chi connectivity index (χ4v) is 13.8. The number of nitriles is 1. The second-order valence-electron chi connectivity index (χ2n) is 19.2. The van der Waals surface area contributed by atoms with Crippen LogP contribution in [0.1, 0.15) is 27.8 Å².